The molecule has 0 aliphatic carbocycles. The average molecular weight is 276 g/mol. The van der Waals surface area contributed by atoms with Crippen LogP contribution in [0.4, 0.5) is 10.5 Å². The molecule has 98 valence electrons. The minimum Gasteiger partial charge on any atom is -0.444 e. The van der Waals surface area contributed by atoms with Crippen molar-refractivity contribution in [3.05, 3.63) is 64.7 Å². The lowest BCUT2D eigenvalue weighted by Gasteiger charge is -2.10. The Morgan fingerprint density at radius 2 is 1.89 bits per heavy atom. The number of carbonyl (C=O) groups is 1. The van der Waals surface area contributed by atoms with Gasteiger partial charge < -0.3 is 4.74 Å². The van der Waals surface area contributed by atoms with Crippen LogP contribution in [0.15, 0.2) is 48.5 Å². The van der Waals surface area contributed by atoms with Crippen LogP contribution in [0, 0.1) is 6.92 Å². The first-order chi connectivity index (χ1) is 9.16. The number of ether oxygens (including phenoxy) is 1. The van der Waals surface area contributed by atoms with E-state index in [9.17, 15) is 4.79 Å². The molecule has 2 aromatic carbocycles. The number of hydrogen-bond acceptors (Lipinski definition) is 2. The zero-order valence-electron chi connectivity index (χ0n) is 10.5. The lowest BCUT2D eigenvalue weighted by molar-refractivity contribution is 0.155. The number of aryl methyl sites for hydroxylation is 1. The molecule has 0 aliphatic heterocycles. The molecule has 1 amide bonds. The summed E-state index contributed by atoms with van der Waals surface area (Å²) in [5, 5.41) is 3.15. The van der Waals surface area contributed by atoms with Crippen molar-refractivity contribution in [1.82, 2.24) is 0 Å². The highest BCUT2D eigenvalue weighted by Crippen LogP contribution is 2.25. The van der Waals surface area contributed by atoms with Crippen molar-refractivity contribution in [2.75, 3.05) is 5.32 Å². The van der Waals surface area contributed by atoms with Crippen molar-refractivity contribution in [2.45, 2.75) is 13.5 Å². The molecular weight excluding hydrogens is 262 g/mol. The summed E-state index contributed by atoms with van der Waals surface area (Å²) in [4.78, 5) is 11.7. The molecule has 0 fully saturated rings. The van der Waals surface area contributed by atoms with E-state index < -0.39 is 6.09 Å². The predicted octanol–water partition coefficient (Wildman–Crippen LogP) is 4.40. The Morgan fingerprint density at radius 1 is 1.16 bits per heavy atom. The van der Waals surface area contributed by atoms with E-state index in [0.29, 0.717) is 10.7 Å². The fraction of sp³-hybridized carbons (Fsp3) is 0.133. The number of hydrogen-bond donors (Lipinski definition) is 1. The van der Waals surface area contributed by atoms with Crippen molar-refractivity contribution in [3.8, 4) is 0 Å². The van der Waals surface area contributed by atoms with Gasteiger partial charge in [-0.3, -0.25) is 5.32 Å². The Hall–Kier alpha value is -2.00. The van der Waals surface area contributed by atoms with Gasteiger partial charge in [-0.25, -0.2) is 4.79 Å². The second-order valence-corrected chi connectivity index (χ2v) is 4.53. The summed E-state index contributed by atoms with van der Waals surface area (Å²) in [6, 6.07) is 14.9. The Kier molecular flexibility index (Phi) is 4.42. The van der Waals surface area contributed by atoms with Crippen LogP contribution in [0.2, 0.25) is 5.02 Å². The second-order valence-electron chi connectivity index (χ2n) is 4.12. The van der Waals surface area contributed by atoms with Crippen molar-refractivity contribution in [1.29, 1.82) is 0 Å². The molecule has 0 saturated carbocycles. The highest BCUT2D eigenvalue weighted by molar-refractivity contribution is 6.33. The van der Waals surface area contributed by atoms with E-state index in [1.54, 1.807) is 6.07 Å². The molecule has 0 aliphatic rings. The van der Waals surface area contributed by atoms with E-state index in [4.69, 9.17) is 16.3 Å². The Morgan fingerprint density at radius 3 is 2.58 bits per heavy atom. The summed E-state index contributed by atoms with van der Waals surface area (Å²) in [6.07, 6.45) is -0.514. The number of para-hydroxylation sites is 1. The van der Waals surface area contributed by atoms with Crippen LogP contribution in [0.25, 0.3) is 0 Å². The third-order valence-corrected chi connectivity index (χ3v) is 2.98. The summed E-state index contributed by atoms with van der Waals surface area (Å²) >= 11 is 6.02. The van der Waals surface area contributed by atoms with Crippen LogP contribution in [0.3, 0.4) is 0 Å². The quantitative estimate of drug-likeness (QED) is 0.902. The molecule has 0 radical (unpaired) electrons. The molecule has 3 nitrogen and oxygen atoms in total. The molecule has 2 rings (SSSR count). The van der Waals surface area contributed by atoms with Crippen LogP contribution >= 0.6 is 11.6 Å². The summed E-state index contributed by atoms with van der Waals surface area (Å²) < 4.78 is 5.13. The number of nitrogens with one attached hydrogen (secondary N) is 1. The second kappa shape index (κ2) is 6.25. The zero-order chi connectivity index (χ0) is 13.7. The van der Waals surface area contributed by atoms with Crippen molar-refractivity contribution in [3.63, 3.8) is 0 Å². The number of anilines is 1. The fourth-order valence-electron chi connectivity index (χ4n) is 1.65. The van der Waals surface area contributed by atoms with Gasteiger partial charge >= 0.3 is 6.09 Å². The molecule has 0 aromatic heterocycles. The lowest BCUT2D eigenvalue weighted by atomic mass is 10.2. The van der Waals surface area contributed by atoms with Gasteiger partial charge in [0.05, 0.1) is 10.7 Å². The van der Waals surface area contributed by atoms with E-state index in [1.807, 2.05) is 49.4 Å². The van der Waals surface area contributed by atoms with Crippen LogP contribution in [-0.4, -0.2) is 6.09 Å². The van der Waals surface area contributed by atoms with Crippen LogP contribution in [0.5, 0.6) is 0 Å². The van der Waals surface area contributed by atoms with Gasteiger partial charge in [-0.05, 0) is 24.1 Å². The lowest BCUT2D eigenvalue weighted by Crippen LogP contribution is -2.14. The summed E-state index contributed by atoms with van der Waals surface area (Å²) in [5.41, 5.74) is 2.42. The third kappa shape index (κ3) is 3.73. The van der Waals surface area contributed by atoms with Gasteiger partial charge in [0.2, 0.25) is 0 Å². The number of halogens is 1. The predicted molar refractivity (Wildman–Crippen MR) is 76.4 cm³/mol. The molecule has 19 heavy (non-hydrogen) atoms. The minimum atomic E-state index is -0.514. The van der Waals surface area contributed by atoms with Crippen LogP contribution in [-0.2, 0) is 11.3 Å². The van der Waals surface area contributed by atoms with E-state index in [0.717, 1.165) is 11.1 Å². The normalized spacial score (nSPS) is 10.0. The highest BCUT2D eigenvalue weighted by atomic mass is 35.5. The van der Waals surface area contributed by atoms with Gasteiger partial charge in [0.1, 0.15) is 6.61 Å². The maximum Gasteiger partial charge on any atom is 0.412 e. The smallest absolute Gasteiger partial charge is 0.412 e. The van der Waals surface area contributed by atoms with Gasteiger partial charge in [0.25, 0.3) is 0 Å². The van der Waals surface area contributed by atoms with Crippen LogP contribution in [0.1, 0.15) is 11.1 Å². The van der Waals surface area contributed by atoms with Crippen molar-refractivity contribution in [2.24, 2.45) is 0 Å². The third-order valence-electron chi connectivity index (χ3n) is 2.66. The molecule has 0 atom stereocenters. The molecule has 0 heterocycles. The van der Waals surface area contributed by atoms with Gasteiger partial charge in [-0.1, -0.05) is 54.1 Å². The monoisotopic (exact) mass is 275 g/mol. The summed E-state index contributed by atoms with van der Waals surface area (Å²) in [6.45, 7) is 2.11. The summed E-state index contributed by atoms with van der Waals surface area (Å²) in [5.74, 6) is 0. The molecule has 4 heteroatoms. The Bertz CT molecular complexity index is 549. The van der Waals surface area contributed by atoms with E-state index in [-0.39, 0.29) is 6.61 Å². The van der Waals surface area contributed by atoms with E-state index in [1.165, 1.54) is 0 Å². The molecule has 0 spiro atoms. The number of rotatable bonds is 3. The molecule has 2 aromatic rings. The molecule has 0 unspecified atom stereocenters. The topological polar surface area (TPSA) is 38.3 Å². The van der Waals surface area contributed by atoms with E-state index >= 15 is 0 Å². The first-order valence-electron chi connectivity index (χ1n) is 5.89. The average Bonchev–Trinajstić information content (AvgIpc) is 2.42. The number of amides is 1. The van der Waals surface area contributed by atoms with Gasteiger partial charge in [0, 0.05) is 0 Å². The zero-order valence-corrected chi connectivity index (χ0v) is 11.3. The molecule has 1 N–H and O–H groups in total. The van der Waals surface area contributed by atoms with Crippen molar-refractivity contribution >= 4 is 23.4 Å². The van der Waals surface area contributed by atoms with Gasteiger partial charge in [-0.15, -0.1) is 0 Å². The first kappa shape index (κ1) is 13.4. The van der Waals surface area contributed by atoms with Gasteiger partial charge in [0.15, 0.2) is 0 Å². The molecular formula is C15H14ClNO2. The Labute approximate surface area is 117 Å². The molecule has 0 bridgehead atoms. The highest BCUT2D eigenvalue weighted by Gasteiger charge is 2.09. The maximum atomic E-state index is 11.7. The molecule has 0 saturated heterocycles. The number of benzene rings is 2. The fourth-order valence-corrected chi connectivity index (χ4v) is 1.92. The Balaban J connectivity index is 1.95. The van der Waals surface area contributed by atoms with Gasteiger partial charge in [-0.2, -0.15) is 0 Å². The standard InChI is InChI=1S/C15H14ClNO2/c1-11-6-5-9-13(16)14(11)17-15(18)19-10-12-7-3-2-4-8-12/h2-9H,10H2,1H3,(H,17,18). The SMILES string of the molecule is Cc1cccc(Cl)c1NC(=O)OCc1ccccc1. The summed E-state index contributed by atoms with van der Waals surface area (Å²) in [7, 11) is 0. The first-order valence-corrected chi connectivity index (χ1v) is 6.27. The maximum absolute atomic E-state index is 11.7. The van der Waals surface area contributed by atoms with Crippen LogP contribution < -0.4 is 5.32 Å². The number of carbonyl (C=O) groups excluding carboxylic acids is 1. The van der Waals surface area contributed by atoms with E-state index in [2.05, 4.69) is 5.32 Å². The van der Waals surface area contributed by atoms with Crippen molar-refractivity contribution < 1.29 is 9.53 Å². The minimum absolute atomic E-state index is 0.232. The largest absolute Gasteiger partial charge is 0.444 e.